The molecule has 1 aliphatic heterocycles. The van der Waals surface area contributed by atoms with Gasteiger partial charge < -0.3 is 10.1 Å². The van der Waals surface area contributed by atoms with E-state index in [1.807, 2.05) is 10.9 Å². The first kappa shape index (κ1) is 13.6. The number of hydrogen-bond donors (Lipinski definition) is 1. The van der Waals surface area contributed by atoms with E-state index < -0.39 is 0 Å². The van der Waals surface area contributed by atoms with Gasteiger partial charge in [-0.25, -0.2) is 0 Å². The zero-order valence-electron chi connectivity index (χ0n) is 11.9. The second-order valence-corrected chi connectivity index (χ2v) is 6.10. The van der Waals surface area contributed by atoms with Gasteiger partial charge in [0.2, 0.25) is 0 Å². The Bertz CT molecular complexity index is 381. The smallest absolute Gasteiger partial charge is 0.0896 e. The first-order chi connectivity index (χ1) is 8.49. The van der Waals surface area contributed by atoms with E-state index in [0.29, 0.717) is 5.92 Å². The molecule has 0 amide bonds. The number of nitrogens with one attached hydrogen (secondary N) is 1. The second kappa shape index (κ2) is 5.41. The standard InChI is InChI=1S/C14H25N3O/c1-5-17-10-12(9-16-17)13-11(6-7-18-13)8-15-14(2,3)4/h9-11,13,15H,5-8H2,1-4H3. The molecule has 1 saturated heterocycles. The summed E-state index contributed by atoms with van der Waals surface area (Å²) in [7, 11) is 0. The van der Waals surface area contributed by atoms with Crippen LogP contribution in [-0.4, -0.2) is 28.5 Å². The van der Waals surface area contributed by atoms with Gasteiger partial charge in [0.05, 0.1) is 12.3 Å². The summed E-state index contributed by atoms with van der Waals surface area (Å²) in [5.41, 5.74) is 1.39. The molecular weight excluding hydrogens is 226 g/mol. The third kappa shape index (κ3) is 3.33. The number of aryl methyl sites for hydroxylation is 1. The summed E-state index contributed by atoms with van der Waals surface area (Å²) in [6, 6.07) is 0. The maximum atomic E-state index is 5.88. The normalized spacial score (nSPS) is 24.7. The molecule has 4 heteroatoms. The van der Waals surface area contributed by atoms with E-state index in [9.17, 15) is 0 Å². The van der Waals surface area contributed by atoms with Gasteiger partial charge >= 0.3 is 0 Å². The minimum atomic E-state index is 0.167. The van der Waals surface area contributed by atoms with Gasteiger partial charge in [-0.15, -0.1) is 0 Å². The van der Waals surface area contributed by atoms with E-state index in [-0.39, 0.29) is 11.6 Å². The van der Waals surface area contributed by atoms with Crippen molar-refractivity contribution in [3.05, 3.63) is 18.0 Å². The largest absolute Gasteiger partial charge is 0.373 e. The molecule has 18 heavy (non-hydrogen) atoms. The third-order valence-electron chi connectivity index (χ3n) is 3.41. The molecule has 1 aliphatic rings. The summed E-state index contributed by atoms with van der Waals surface area (Å²) < 4.78 is 7.84. The van der Waals surface area contributed by atoms with Crippen molar-refractivity contribution in [3.63, 3.8) is 0 Å². The van der Waals surface area contributed by atoms with Crippen molar-refractivity contribution in [2.24, 2.45) is 5.92 Å². The summed E-state index contributed by atoms with van der Waals surface area (Å²) >= 11 is 0. The van der Waals surface area contributed by atoms with Crippen LogP contribution in [-0.2, 0) is 11.3 Å². The minimum Gasteiger partial charge on any atom is -0.373 e. The van der Waals surface area contributed by atoms with E-state index in [4.69, 9.17) is 4.74 Å². The topological polar surface area (TPSA) is 39.1 Å². The lowest BCUT2D eigenvalue weighted by atomic mass is 9.96. The number of aromatic nitrogens is 2. The molecule has 0 spiro atoms. The van der Waals surface area contributed by atoms with E-state index in [1.165, 1.54) is 5.56 Å². The maximum absolute atomic E-state index is 5.88. The lowest BCUT2D eigenvalue weighted by Crippen LogP contribution is -2.39. The van der Waals surface area contributed by atoms with Crippen molar-refractivity contribution in [2.75, 3.05) is 13.2 Å². The predicted molar refractivity (Wildman–Crippen MR) is 72.5 cm³/mol. The average molecular weight is 251 g/mol. The molecule has 2 rings (SSSR count). The van der Waals surface area contributed by atoms with Crippen LogP contribution in [0.2, 0.25) is 0 Å². The van der Waals surface area contributed by atoms with E-state index in [1.54, 1.807) is 0 Å². The van der Waals surface area contributed by atoms with Gasteiger partial charge in [0, 0.05) is 42.9 Å². The first-order valence-electron chi connectivity index (χ1n) is 6.88. The zero-order chi connectivity index (χ0) is 13.2. The number of hydrogen-bond acceptors (Lipinski definition) is 3. The fraction of sp³-hybridized carbons (Fsp3) is 0.786. The van der Waals surface area contributed by atoms with Gasteiger partial charge in [-0.1, -0.05) is 0 Å². The fourth-order valence-corrected chi connectivity index (χ4v) is 2.35. The van der Waals surface area contributed by atoms with Gasteiger partial charge in [0.15, 0.2) is 0 Å². The molecule has 102 valence electrons. The Morgan fingerprint density at radius 2 is 2.28 bits per heavy atom. The Hall–Kier alpha value is -0.870. The molecule has 2 heterocycles. The highest BCUT2D eigenvalue weighted by Crippen LogP contribution is 2.34. The van der Waals surface area contributed by atoms with Crippen LogP contribution in [0.5, 0.6) is 0 Å². The molecule has 0 radical (unpaired) electrons. The second-order valence-electron chi connectivity index (χ2n) is 6.10. The van der Waals surface area contributed by atoms with Crippen LogP contribution in [0, 0.1) is 5.92 Å². The summed E-state index contributed by atoms with van der Waals surface area (Å²) in [6.45, 7) is 11.5. The molecule has 1 aromatic rings. The predicted octanol–water partition coefficient (Wildman–Crippen LogP) is 2.37. The molecule has 1 aromatic heterocycles. The van der Waals surface area contributed by atoms with E-state index in [2.05, 4.69) is 44.3 Å². The lowest BCUT2D eigenvalue weighted by Gasteiger charge is -2.25. The van der Waals surface area contributed by atoms with Gasteiger partial charge in [-0.3, -0.25) is 4.68 Å². The number of rotatable bonds is 4. The Kier molecular flexibility index (Phi) is 4.07. The summed E-state index contributed by atoms with van der Waals surface area (Å²) in [5.74, 6) is 0.554. The number of nitrogens with zero attached hydrogens (tertiary/aromatic N) is 2. The molecular formula is C14H25N3O. The molecule has 1 fully saturated rings. The molecule has 0 bridgehead atoms. The van der Waals surface area contributed by atoms with Crippen LogP contribution in [0.25, 0.3) is 0 Å². The Morgan fingerprint density at radius 3 is 2.89 bits per heavy atom. The highest BCUT2D eigenvalue weighted by atomic mass is 16.5. The van der Waals surface area contributed by atoms with Crippen molar-refractivity contribution in [2.45, 2.75) is 52.3 Å². The van der Waals surface area contributed by atoms with Crippen LogP contribution in [0.3, 0.4) is 0 Å². The minimum absolute atomic E-state index is 0.167. The average Bonchev–Trinajstić information content (AvgIpc) is 2.93. The monoisotopic (exact) mass is 251 g/mol. The molecule has 1 N–H and O–H groups in total. The van der Waals surface area contributed by atoms with Crippen molar-refractivity contribution < 1.29 is 4.74 Å². The van der Waals surface area contributed by atoms with Crippen molar-refractivity contribution in [1.29, 1.82) is 0 Å². The van der Waals surface area contributed by atoms with E-state index in [0.717, 1.165) is 26.1 Å². The van der Waals surface area contributed by atoms with Gasteiger partial charge in [0.25, 0.3) is 0 Å². The first-order valence-corrected chi connectivity index (χ1v) is 6.88. The molecule has 2 unspecified atom stereocenters. The quantitative estimate of drug-likeness (QED) is 0.893. The Morgan fingerprint density at radius 1 is 1.50 bits per heavy atom. The van der Waals surface area contributed by atoms with Gasteiger partial charge in [-0.2, -0.15) is 5.10 Å². The lowest BCUT2D eigenvalue weighted by molar-refractivity contribution is 0.0889. The Balaban J connectivity index is 1.98. The van der Waals surface area contributed by atoms with Crippen LogP contribution in [0.1, 0.15) is 45.8 Å². The summed E-state index contributed by atoms with van der Waals surface area (Å²) in [4.78, 5) is 0. The van der Waals surface area contributed by atoms with Crippen molar-refractivity contribution in [1.82, 2.24) is 15.1 Å². The SMILES string of the molecule is CCn1cc(C2OCCC2CNC(C)(C)C)cn1. The Labute approximate surface area is 110 Å². The van der Waals surface area contributed by atoms with E-state index >= 15 is 0 Å². The fourth-order valence-electron chi connectivity index (χ4n) is 2.35. The van der Waals surface area contributed by atoms with Crippen molar-refractivity contribution in [3.8, 4) is 0 Å². The van der Waals surface area contributed by atoms with Crippen LogP contribution >= 0.6 is 0 Å². The summed E-state index contributed by atoms with van der Waals surface area (Å²) in [5, 5.41) is 7.92. The summed E-state index contributed by atoms with van der Waals surface area (Å²) in [6.07, 6.45) is 5.40. The molecule has 0 aromatic carbocycles. The van der Waals surface area contributed by atoms with Crippen LogP contribution in [0.15, 0.2) is 12.4 Å². The van der Waals surface area contributed by atoms with Crippen LogP contribution in [0.4, 0.5) is 0 Å². The zero-order valence-corrected chi connectivity index (χ0v) is 11.9. The van der Waals surface area contributed by atoms with Gasteiger partial charge in [0.1, 0.15) is 0 Å². The molecule has 0 aliphatic carbocycles. The number of ether oxygens (including phenoxy) is 1. The highest BCUT2D eigenvalue weighted by molar-refractivity contribution is 5.11. The highest BCUT2D eigenvalue weighted by Gasteiger charge is 2.31. The van der Waals surface area contributed by atoms with Gasteiger partial charge in [-0.05, 0) is 34.1 Å². The van der Waals surface area contributed by atoms with Crippen LogP contribution < -0.4 is 5.32 Å². The third-order valence-corrected chi connectivity index (χ3v) is 3.41. The van der Waals surface area contributed by atoms with Crippen molar-refractivity contribution >= 4 is 0 Å². The molecule has 4 nitrogen and oxygen atoms in total. The molecule has 0 saturated carbocycles. The molecule has 2 atom stereocenters. The maximum Gasteiger partial charge on any atom is 0.0896 e.